The first-order valence-corrected chi connectivity index (χ1v) is 26.6. The van der Waals surface area contributed by atoms with Gasteiger partial charge in [0.1, 0.15) is 11.4 Å². The summed E-state index contributed by atoms with van der Waals surface area (Å²) in [4.78, 5) is 18.4. The number of benzene rings is 9. The van der Waals surface area contributed by atoms with E-state index in [2.05, 4.69) is 249 Å². The van der Waals surface area contributed by atoms with Crippen LogP contribution in [0.5, 0.6) is 0 Å². The molecular weight excluding hydrogens is 1170 g/mol. The van der Waals surface area contributed by atoms with E-state index in [1.54, 1.807) is 0 Å². The van der Waals surface area contributed by atoms with Gasteiger partial charge in [-0.3, -0.25) is 9.13 Å². The Morgan fingerprint density at radius 2 is 1.26 bits per heavy atom. The summed E-state index contributed by atoms with van der Waals surface area (Å²) in [6, 6.07) is 72.7. The molecule has 1 N–H and O–H groups in total. The topological polar surface area (TPSA) is 95.1 Å². The summed E-state index contributed by atoms with van der Waals surface area (Å²) in [6.07, 6.45) is 5.59. The van der Waals surface area contributed by atoms with Crippen LogP contribution >= 0.6 is 0 Å². The molecule has 0 bridgehead atoms. The smallest absolute Gasteiger partial charge is 0.268 e. The number of aromatic amines is 1. The van der Waals surface area contributed by atoms with E-state index in [0.717, 1.165) is 128 Å². The summed E-state index contributed by atoms with van der Waals surface area (Å²) >= 11 is 0. The van der Waals surface area contributed by atoms with Gasteiger partial charge in [0, 0.05) is 54.7 Å². The largest absolute Gasteiger partial charge is 0.516 e. The number of rotatable bonds is 4. The monoisotopic (exact) mass is 1220 g/mol. The third-order valence-corrected chi connectivity index (χ3v) is 15.8. The maximum atomic E-state index is 6.08. The Kier molecular flexibility index (Phi) is 10.6. The summed E-state index contributed by atoms with van der Waals surface area (Å²) < 4.78 is 19.3. The molecule has 0 unspecified atom stereocenters. The minimum absolute atomic E-state index is 0. The van der Waals surface area contributed by atoms with Gasteiger partial charge in [-0.2, -0.15) is 6.07 Å². The first kappa shape index (κ1) is 47.6. The van der Waals surface area contributed by atoms with Gasteiger partial charge in [-0.1, -0.05) is 141 Å². The zero-order valence-electron chi connectivity index (χ0n) is 44.2. The standard InChI is InChI=1S/C37H22N3O.C31H26N7.Pt/c1-2-11-25(12-3-1)40-31-16-6-4-13-27(31)29-15-10-19-34(37(29)40)39-24-38(32-17-7-8-18-33(32)39)26-21-22-36-30(23-26)28-14-5-9-20-35(28)41-36;1-17-8-6-10-21-27(17)34-29-33-20-15-24-25(16-23(20)36(21)29)37-22-11-7-9-18(2)28(22)35-30(37)38(24)26-14-19(12-13-32-26)31(3,4)5;/h1-20,22-23H;6-14,16H,1-5H3,(H,33,34);/q2*-1;. The van der Waals surface area contributed by atoms with Crippen molar-refractivity contribution in [1.82, 2.24) is 42.4 Å². The number of aryl methyl sites for hydroxylation is 2. The fraction of sp³-hybridized carbons (Fsp3) is 0.0882. The average molecular weight is 1220 g/mol. The number of para-hydroxylation sites is 8. The third kappa shape index (κ3) is 7.03. The zero-order chi connectivity index (χ0) is 52.8. The second kappa shape index (κ2) is 17.7. The fourth-order valence-corrected chi connectivity index (χ4v) is 12.0. The molecule has 0 aliphatic rings. The van der Waals surface area contributed by atoms with E-state index >= 15 is 0 Å². The minimum atomic E-state index is -0.00539. The van der Waals surface area contributed by atoms with Crippen molar-refractivity contribution >= 4 is 110 Å². The van der Waals surface area contributed by atoms with Crippen LogP contribution < -0.4 is 4.57 Å². The zero-order valence-corrected chi connectivity index (χ0v) is 46.5. The van der Waals surface area contributed by atoms with Crippen molar-refractivity contribution in [3.05, 3.63) is 229 Å². The number of H-pyrrole nitrogens is 1. The van der Waals surface area contributed by atoms with Crippen LogP contribution in [-0.4, -0.2) is 42.4 Å². The molecule has 11 nitrogen and oxygen atoms in total. The number of hydrogen-bond acceptors (Lipinski definition) is 4. The summed E-state index contributed by atoms with van der Waals surface area (Å²) in [5.74, 6) is 2.47. The van der Waals surface area contributed by atoms with Gasteiger partial charge < -0.3 is 27.3 Å². The van der Waals surface area contributed by atoms with E-state index < -0.39 is 0 Å². The quantitative estimate of drug-likeness (QED) is 0.140. The molecule has 0 aliphatic heterocycles. The maximum Gasteiger partial charge on any atom is 0.268 e. The Bertz CT molecular complexity index is 5350. The van der Waals surface area contributed by atoms with Crippen molar-refractivity contribution in [3.63, 3.8) is 0 Å². The Balaban J connectivity index is 0.000000137. The van der Waals surface area contributed by atoms with Crippen LogP contribution in [0.1, 0.15) is 37.5 Å². The molecule has 0 saturated heterocycles. The molecular formula is C68H48N10OPt-2. The van der Waals surface area contributed by atoms with Crippen molar-refractivity contribution in [1.29, 1.82) is 0 Å². The van der Waals surface area contributed by atoms with Gasteiger partial charge in [-0.05, 0) is 118 Å². The third-order valence-electron chi connectivity index (χ3n) is 15.8. The van der Waals surface area contributed by atoms with Gasteiger partial charge in [0.2, 0.25) is 5.78 Å². The van der Waals surface area contributed by atoms with Gasteiger partial charge in [0.05, 0.1) is 49.8 Å². The van der Waals surface area contributed by atoms with E-state index in [0.29, 0.717) is 0 Å². The molecule has 8 heterocycles. The molecule has 388 valence electrons. The van der Waals surface area contributed by atoms with Crippen molar-refractivity contribution < 1.29 is 30.0 Å². The van der Waals surface area contributed by atoms with E-state index in [1.807, 2.05) is 30.5 Å². The number of furan rings is 1. The van der Waals surface area contributed by atoms with E-state index in [-0.39, 0.29) is 26.5 Å². The van der Waals surface area contributed by atoms with E-state index in [4.69, 9.17) is 19.4 Å². The molecule has 9 aromatic carbocycles. The SMILES string of the molecule is Cc1cccc2c1nc1[nH]c3[c-]c4c(cc3n12)n1c2cccc(C)c2nc1n4-c1cc(C(C)(C)C)ccn1.[Pt].[c-]1cc2oc3ccccc3c2cc1-n1[c-][n+](-c2cccc3c4ccccc4n(-c4ccccc4)c23)c2ccccc21. The summed E-state index contributed by atoms with van der Waals surface area (Å²) in [5, 5.41) is 4.60. The van der Waals surface area contributed by atoms with Crippen molar-refractivity contribution in [2.75, 3.05) is 0 Å². The number of nitrogens with one attached hydrogen (secondary N) is 1. The molecule has 0 spiro atoms. The molecule has 12 heteroatoms. The molecule has 0 atom stereocenters. The van der Waals surface area contributed by atoms with Gasteiger partial charge in [0.25, 0.3) is 6.33 Å². The summed E-state index contributed by atoms with van der Waals surface area (Å²) in [5.41, 5.74) is 20.8. The minimum Gasteiger partial charge on any atom is -0.516 e. The van der Waals surface area contributed by atoms with Crippen molar-refractivity contribution in [3.8, 4) is 22.9 Å². The van der Waals surface area contributed by atoms with Crippen molar-refractivity contribution in [2.45, 2.75) is 40.0 Å². The van der Waals surface area contributed by atoms with Crippen LogP contribution in [0.4, 0.5) is 0 Å². The molecule has 0 amide bonds. The van der Waals surface area contributed by atoms with Crippen LogP contribution in [0.3, 0.4) is 0 Å². The Morgan fingerprint density at radius 3 is 2.08 bits per heavy atom. The number of aromatic nitrogens is 10. The number of nitrogens with zero attached hydrogens (tertiary/aromatic N) is 9. The molecule has 8 aromatic heterocycles. The molecule has 0 fully saturated rings. The fourth-order valence-electron chi connectivity index (χ4n) is 12.0. The van der Waals surface area contributed by atoms with Crippen LogP contribution in [0, 0.1) is 32.3 Å². The normalized spacial score (nSPS) is 12.2. The predicted octanol–water partition coefficient (Wildman–Crippen LogP) is 15.3. The van der Waals surface area contributed by atoms with Gasteiger partial charge in [-0.25, -0.2) is 15.0 Å². The second-order valence-electron chi connectivity index (χ2n) is 21.6. The first-order valence-electron chi connectivity index (χ1n) is 26.6. The first-order chi connectivity index (χ1) is 38.6. The number of hydrogen-bond donors (Lipinski definition) is 1. The van der Waals surface area contributed by atoms with Crippen LogP contribution in [0.15, 0.2) is 199 Å². The summed E-state index contributed by atoms with van der Waals surface area (Å²) in [7, 11) is 0. The molecule has 17 aromatic rings. The van der Waals surface area contributed by atoms with Gasteiger partial charge >= 0.3 is 0 Å². The Labute approximate surface area is 472 Å². The molecule has 0 aliphatic carbocycles. The predicted molar refractivity (Wildman–Crippen MR) is 317 cm³/mol. The Morgan fingerprint density at radius 1 is 0.575 bits per heavy atom. The molecule has 0 radical (unpaired) electrons. The second-order valence-corrected chi connectivity index (χ2v) is 21.6. The maximum absolute atomic E-state index is 6.08. The van der Waals surface area contributed by atoms with Gasteiger partial charge in [0.15, 0.2) is 5.78 Å². The summed E-state index contributed by atoms with van der Waals surface area (Å²) in [6.45, 7) is 10.9. The number of imidazole rings is 5. The molecule has 80 heavy (non-hydrogen) atoms. The molecule has 0 saturated carbocycles. The average Bonchev–Trinajstić information content (AvgIpc) is 3.67. The van der Waals surface area contributed by atoms with Crippen LogP contribution in [-0.2, 0) is 26.5 Å². The number of pyridine rings is 1. The van der Waals surface area contributed by atoms with Crippen LogP contribution in [0.2, 0.25) is 0 Å². The molecule has 17 rings (SSSR count). The Hall–Kier alpha value is -9.57. The van der Waals surface area contributed by atoms with Crippen LogP contribution in [0.25, 0.3) is 133 Å². The van der Waals surface area contributed by atoms with E-state index in [1.165, 1.54) is 21.9 Å². The number of fused-ring (bicyclic) bond motifs is 17. The van der Waals surface area contributed by atoms with E-state index in [9.17, 15) is 0 Å². The van der Waals surface area contributed by atoms with Gasteiger partial charge in [-0.15, -0.1) is 24.3 Å². The van der Waals surface area contributed by atoms with Crippen molar-refractivity contribution in [2.24, 2.45) is 0 Å².